The number of nitrogens with one attached hydrogen (secondary N) is 1. The lowest BCUT2D eigenvalue weighted by molar-refractivity contribution is 0.312. The lowest BCUT2D eigenvalue weighted by Gasteiger charge is -2.14. The molecule has 0 saturated carbocycles. The molecule has 0 aliphatic carbocycles. The number of hydrogen-bond donors (Lipinski definition) is 1. The van der Waals surface area contributed by atoms with E-state index >= 15 is 0 Å². The van der Waals surface area contributed by atoms with E-state index in [1.54, 1.807) is 0 Å². The Kier molecular flexibility index (Phi) is 6.51. The average molecular weight is 270 g/mol. The predicted molar refractivity (Wildman–Crippen MR) is 78.9 cm³/mol. The van der Waals surface area contributed by atoms with Crippen molar-refractivity contribution in [3.63, 3.8) is 0 Å². The second kappa shape index (κ2) is 7.65. The zero-order valence-electron chi connectivity index (χ0n) is 11.8. The lowest BCUT2D eigenvalue weighted by atomic mass is 10.0. The summed E-state index contributed by atoms with van der Waals surface area (Å²) in [5.74, 6) is 1.36. The molecular formula is C15H24ClNO. The van der Waals surface area contributed by atoms with E-state index in [1.165, 1.54) is 0 Å². The Hall–Kier alpha value is -0.730. The molecule has 0 saturated heterocycles. The van der Waals surface area contributed by atoms with E-state index in [0.717, 1.165) is 41.4 Å². The Morgan fingerprint density at radius 3 is 2.61 bits per heavy atom. The van der Waals surface area contributed by atoms with Crippen LogP contribution in [0.5, 0.6) is 5.75 Å². The van der Waals surface area contributed by atoms with E-state index in [9.17, 15) is 0 Å². The summed E-state index contributed by atoms with van der Waals surface area (Å²) >= 11 is 6.23. The summed E-state index contributed by atoms with van der Waals surface area (Å²) in [4.78, 5) is 0. The fourth-order valence-electron chi connectivity index (χ4n) is 1.80. The summed E-state index contributed by atoms with van der Waals surface area (Å²) in [7, 11) is 0. The fraction of sp³-hybridized carbons (Fsp3) is 0.600. The van der Waals surface area contributed by atoms with Crippen molar-refractivity contribution in [1.82, 2.24) is 5.32 Å². The standard InChI is InChI=1S/C15H24ClNO/c1-5-6-17-7-8-18-15-10-13(11(2)3)14(16)9-12(15)4/h9-11,17H,5-8H2,1-4H3. The second-order valence-corrected chi connectivity index (χ2v) is 5.30. The van der Waals surface area contributed by atoms with Gasteiger partial charge in [-0.2, -0.15) is 0 Å². The molecule has 1 rings (SSSR count). The first-order valence-electron chi connectivity index (χ1n) is 6.69. The van der Waals surface area contributed by atoms with Gasteiger partial charge in [0, 0.05) is 11.6 Å². The van der Waals surface area contributed by atoms with Gasteiger partial charge in [-0.1, -0.05) is 32.4 Å². The van der Waals surface area contributed by atoms with Gasteiger partial charge in [-0.25, -0.2) is 0 Å². The molecule has 1 N–H and O–H groups in total. The zero-order chi connectivity index (χ0) is 13.5. The molecule has 0 radical (unpaired) electrons. The van der Waals surface area contributed by atoms with Crippen LogP contribution in [0.15, 0.2) is 12.1 Å². The van der Waals surface area contributed by atoms with Gasteiger partial charge in [-0.3, -0.25) is 0 Å². The zero-order valence-corrected chi connectivity index (χ0v) is 12.6. The normalized spacial score (nSPS) is 11.0. The highest BCUT2D eigenvalue weighted by Crippen LogP contribution is 2.31. The van der Waals surface area contributed by atoms with Crippen LogP contribution in [0.25, 0.3) is 0 Å². The Morgan fingerprint density at radius 1 is 1.28 bits per heavy atom. The molecule has 0 amide bonds. The van der Waals surface area contributed by atoms with E-state index in [0.29, 0.717) is 12.5 Å². The van der Waals surface area contributed by atoms with Crippen molar-refractivity contribution >= 4 is 11.6 Å². The van der Waals surface area contributed by atoms with Crippen molar-refractivity contribution in [2.75, 3.05) is 19.7 Å². The molecule has 0 aromatic heterocycles. The minimum Gasteiger partial charge on any atom is -0.492 e. The van der Waals surface area contributed by atoms with Gasteiger partial charge in [0.1, 0.15) is 12.4 Å². The van der Waals surface area contributed by atoms with Gasteiger partial charge in [0.15, 0.2) is 0 Å². The van der Waals surface area contributed by atoms with Crippen molar-refractivity contribution < 1.29 is 4.74 Å². The summed E-state index contributed by atoms with van der Waals surface area (Å²) in [6.07, 6.45) is 1.15. The van der Waals surface area contributed by atoms with Gasteiger partial charge in [0.25, 0.3) is 0 Å². The SMILES string of the molecule is CCCNCCOc1cc(C(C)C)c(Cl)cc1C. The first-order valence-corrected chi connectivity index (χ1v) is 7.07. The van der Waals surface area contributed by atoms with Crippen molar-refractivity contribution in [1.29, 1.82) is 0 Å². The molecule has 1 aromatic rings. The van der Waals surface area contributed by atoms with Crippen LogP contribution in [-0.2, 0) is 0 Å². The van der Waals surface area contributed by atoms with Crippen LogP contribution in [0.4, 0.5) is 0 Å². The largest absolute Gasteiger partial charge is 0.492 e. The maximum Gasteiger partial charge on any atom is 0.122 e. The molecule has 0 fully saturated rings. The lowest BCUT2D eigenvalue weighted by Crippen LogP contribution is -2.21. The van der Waals surface area contributed by atoms with E-state index in [1.807, 2.05) is 13.0 Å². The first-order chi connectivity index (χ1) is 8.56. The van der Waals surface area contributed by atoms with Crippen molar-refractivity contribution in [3.05, 3.63) is 28.3 Å². The number of benzene rings is 1. The van der Waals surface area contributed by atoms with Crippen LogP contribution >= 0.6 is 11.6 Å². The third-order valence-corrected chi connectivity index (χ3v) is 3.21. The number of halogens is 1. The average Bonchev–Trinajstić information content (AvgIpc) is 2.30. The van der Waals surface area contributed by atoms with Gasteiger partial charge in [-0.15, -0.1) is 0 Å². The molecule has 1 aromatic carbocycles. The quantitative estimate of drug-likeness (QED) is 0.751. The van der Waals surface area contributed by atoms with Gasteiger partial charge in [0.05, 0.1) is 0 Å². The molecule has 0 heterocycles. The summed E-state index contributed by atoms with van der Waals surface area (Å²) in [5.41, 5.74) is 2.25. The minimum absolute atomic E-state index is 0.415. The molecule has 0 spiro atoms. The van der Waals surface area contributed by atoms with E-state index < -0.39 is 0 Å². The van der Waals surface area contributed by atoms with Gasteiger partial charge in [0.2, 0.25) is 0 Å². The maximum atomic E-state index is 6.23. The second-order valence-electron chi connectivity index (χ2n) is 4.89. The van der Waals surface area contributed by atoms with E-state index in [-0.39, 0.29) is 0 Å². The number of hydrogen-bond acceptors (Lipinski definition) is 2. The smallest absolute Gasteiger partial charge is 0.122 e. The highest BCUT2D eigenvalue weighted by molar-refractivity contribution is 6.31. The Labute approximate surface area is 116 Å². The summed E-state index contributed by atoms with van der Waals surface area (Å²) in [6, 6.07) is 4.06. The molecule has 2 nitrogen and oxygen atoms in total. The molecule has 0 bridgehead atoms. The van der Waals surface area contributed by atoms with E-state index in [4.69, 9.17) is 16.3 Å². The van der Waals surface area contributed by atoms with Crippen LogP contribution in [0, 0.1) is 6.92 Å². The number of aryl methyl sites for hydroxylation is 1. The molecule has 0 unspecified atom stereocenters. The molecule has 0 atom stereocenters. The number of rotatable bonds is 7. The third kappa shape index (κ3) is 4.51. The molecule has 0 aliphatic rings. The molecule has 18 heavy (non-hydrogen) atoms. The van der Waals surface area contributed by atoms with Gasteiger partial charge >= 0.3 is 0 Å². The Bertz CT molecular complexity index is 377. The molecule has 3 heteroatoms. The minimum atomic E-state index is 0.415. The van der Waals surface area contributed by atoms with Crippen LogP contribution in [-0.4, -0.2) is 19.7 Å². The topological polar surface area (TPSA) is 21.3 Å². The van der Waals surface area contributed by atoms with Gasteiger partial charge < -0.3 is 10.1 Å². The summed E-state index contributed by atoms with van der Waals surface area (Å²) < 4.78 is 5.81. The predicted octanol–water partition coefficient (Wildman–Crippen LogP) is 4.15. The number of ether oxygens (including phenoxy) is 1. The fourth-order valence-corrected chi connectivity index (χ4v) is 2.24. The summed E-state index contributed by atoms with van der Waals surface area (Å²) in [5, 5.41) is 4.15. The van der Waals surface area contributed by atoms with E-state index in [2.05, 4.69) is 32.2 Å². The van der Waals surface area contributed by atoms with Gasteiger partial charge in [-0.05, 0) is 49.1 Å². The first kappa shape index (κ1) is 15.3. The Morgan fingerprint density at radius 2 is 2.00 bits per heavy atom. The third-order valence-electron chi connectivity index (χ3n) is 2.88. The monoisotopic (exact) mass is 269 g/mol. The van der Waals surface area contributed by atoms with Crippen molar-refractivity contribution in [3.8, 4) is 5.75 Å². The van der Waals surface area contributed by atoms with Crippen molar-refractivity contribution in [2.24, 2.45) is 0 Å². The molecular weight excluding hydrogens is 246 g/mol. The molecule has 102 valence electrons. The van der Waals surface area contributed by atoms with Crippen LogP contribution in [0.3, 0.4) is 0 Å². The van der Waals surface area contributed by atoms with Crippen LogP contribution in [0.1, 0.15) is 44.2 Å². The molecule has 0 aliphatic heterocycles. The summed E-state index contributed by atoms with van der Waals surface area (Å²) in [6.45, 7) is 11.1. The van der Waals surface area contributed by atoms with Crippen LogP contribution in [0.2, 0.25) is 5.02 Å². The van der Waals surface area contributed by atoms with Crippen LogP contribution < -0.4 is 10.1 Å². The van der Waals surface area contributed by atoms with Crippen molar-refractivity contribution in [2.45, 2.75) is 40.0 Å². The Balaban J connectivity index is 2.62. The maximum absolute atomic E-state index is 6.23. The highest BCUT2D eigenvalue weighted by Gasteiger charge is 2.09. The highest BCUT2D eigenvalue weighted by atomic mass is 35.5.